The van der Waals surface area contributed by atoms with Gasteiger partial charge in [0.05, 0.1) is 0 Å². The summed E-state index contributed by atoms with van der Waals surface area (Å²) in [4.78, 5) is 27.4. The summed E-state index contributed by atoms with van der Waals surface area (Å²) in [5, 5.41) is 0. The molecule has 0 saturated heterocycles. The van der Waals surface area contributed by atoms with Gasteiger partial charge in [0, 0.05) is 11.1 Å². The molecule has 0 heterocycles. The van der Waals surface area contributed by atoms with Crippen molar-refractivity contribution in [2.45, 2.75) is 0 Å². The lowest BCUT2D eigenvalue weighted by molar-refractivity contribution is 0.103. The van der Waals surface area contributed by atoms with Crippen molar-refractivity contribution < 1.29 is 9.59 Å². The predicted molar refractivity (Wildman–Crippen MR) is 199 cm³/mol. The molecule has 6 aromatic carbocycles. The average Bonchev–Trinajstić information content (AvgIpc) is 3.17. The van der Waals surface area contributed by atoms with Crippen LogP contribution in [0.15, 0.2) is 206 Å². The van der Waals surface area contributed by atoms with Crippen molar-refractivity contribution in [2.24, 2.45) is 0 Å². The summed E-state index contributed by atoms with van der Waals surface area (Å²) < 4.78 is 0. The molecule has 0 aliphatic carbocycles. The zero-order chi connectivity index (χ0) is 33.0. The van der Waals surface area contributed by atoms with E-state index in [-0.39, 0.29) is 11.6 Å². The summed E-state index contributed by atoms with van der Waals surface area (Å²) in [7, 11) is 0. The first-order valence-electron chi connectivity index (χ1n) is 15.9. The first-order valence-corrected chi connectivity index (χ1v) is 15.9. The molecular formula is C46H34O2. The van der Waals surface area contributed by atoms with E-state index in [1.54, 1.807) is 12.2 Å². The average molecular weight is 619 g/mol. The van der Waals surface area contributed by atoms with E-state index in [0.29, 0.717) is 11.1 Å². The van der Waals surface area contributed by atoms with Gasteiger partial charge >= 0.3 is 0 Å². The van der Waals surface area contributed by atoms with Crippen LogP contribution in [0.1, 0.15) is 43.0 Å². The third kappa shape index (κ3) is 7.88. The Labute approximate surface area is 282 Å². The molecule has 0 spiro atoms. The molecule has 2 heteroatoms. The standard InChI is InChI=1S/C46H34O2/c47-45(39-27-15-5-16-28-39)33-43(37-23-11-3-12-24-37)41(35-19-7-1-8-20-35)31-32-42(36-21-9-2-10-22-36)44(38-25-13-4-14-26-38)34-46(48)40-29-17-6-18-30-40/h1-34H/b41-31+,42-32+,43-33+,44-34+. The van der Waals surface area contributed by atoms with Crippen LogP contribution in [-0.4, -0.2) is 11.6 Å². The molecule has 230 valence electrons. The first-order chi connectivity index (χ1) is 23.7. The van der Waals surface area contributed by atoms with Gasteiger partial charge in [0.15, 0.2) is 11.6 Å². The fourth-order valence-electron chi connectivity index (χ4n) is 5.59. The minimum absolute atomic E-state index is 0.0816. The Hall–Kier alpha value is -6.38. The van der Waals surface area contributed by atoms with Crippen molar-refractivity contribution in [3.63, 3.8) is 0 Å². The van der Waals surface area contributed by atoms with E-state index in [1.165, 1.54) is 0 Å². The summed E-state index contributed by atoms with van der Waals surface area (Å²) in [6.45, 7) is 0. The second-order valence-corrected chi connectivity index (χ2v) is 11.2. The molecule has 0 N–H and O–H groups in total. The number of hydrogen-bond donors (Lipinski definition) is 0. The zero-order valence-corrected chi connectivity index (χ0v) is 26.4. The molecule has 2 nitrogen and oxygen atoms in total. The number of carbonyl (C=O) groups excluding carboxylic acids is 2. The van der Waals surface area contributed by atoms with Crippen LogP contribution < -0.4 is 0 Å². The van der Waals surface area contributed by atoms with Gasteiger partial charge in [0.2, 0.25) is 0 Å². The van der Waals surface area contributed by atoms with Gasteiger partial charge in [-0.05, 0) is 56.7 Å². The summed E-state index contributed by atoms with van der Waals surface area (Å²) in [5.74, 6) is -0.163. The SMILES string of the molecule is O=C(/C=C(/C(=C/C=C(/C(=C/C(=O)c1ccccc1)c1ccccc1)c1ccccc1)c1ccccc1)c1ccccc1)c1ccccc1. The Morgan fingerprint density at radius 3 is 0.729 bits per heavy atom. The van der Waals surface area contributed by atoms with Crippen LogP contribution in [0.3, 0.4) is 0 Å². The van der Waals surface area contributed by atoms with Gasteiger partial charge in [0.1, 0.15) is 0 Å². The highest BCUT2D eigenvalue weighted by atomic mass is 16.1. The highest BCUT2D eigenvalue weighted by molar-refractivity contribution is 6.19. The van der Waals surface area contributed by atoms with E-state index in [2.05, 4.69) is 36.4 Å². The summed E-state index contributed by atoms with van der Waals surface area (Å²) in [6.07, 6.45) is 7.59. The van der Waals surface area contributed by atoms with Crippen molar-refractivity contribution in [3.8, 4) is 0 Å². The van der Waals surface area contributed by atoms with Crippen LogP contribution >= 0.6 is 0 Å². The van der Waals surface area contributed by atoms with Gasteiger partial charge in [-0.15, -0.1) is 0 Å². The van der Waals surface area contributed by atoms with E-state index in [9.17, 15) is 9.59 Å². The minimum Gasteiger partial charge on any atom is -0.289 e. The van der Waals surface area contributed by atoms with Crippen LogP contribution in [0, 0.1) is 0 Å². The molecule has 0 aromatic heterocycles. The lowest BCUT2D eigenvalue weighted by Crippen LogP contribution is -2.00. The van der Waals surface area contributed by atoms with Gasteiger partial charge in [-0.1, -0.05) is 194 Å². The molecule has 0 atom stereocenters. The van der Waals surface area contributed by atoms with Crippen LogP contribution in [-0.2, 0) is 0 Å². The molecular weight excluding hydrogens is 585 g/mol. The second kappa shape index (κ2) is 15.8. The number of ketones is 2. The Morgan fingerprint density at radius 2 is 0.479 bits per heavy atom. The Bertz CT molecular complexity index is 1930. The lowest BCUT2D eigenvalue weighted by Gasteiger charge is -2.16. The van der Waals surface area contributed by atoms with Gasteiger partial charge in [-0.2, -0.15) is 0 Å². The van der Waals surface area contributed by atoms with Crippen molar-refractivity contribution in [2.75, 3.05) is 0 Å². The van der Waals surface area contributed by atoms with Crippen molar-refractivity contribution in [1.29, 1.82) is 0 Å². The molecule has 0 fully saturated rings. The molecule has 0 unspecified atom stereocenters. The smallest absolute Gasteiger partial charge is 0.186 e. The van der Waals surface area contributed by atoms with E-state index in [1.807, 2.05) is 158 Å². The second-order valence-electron chi connectivity index (χ2n) is 11.2. The lowest BCUT2D eigenvalue weighted by atomic mass is 9.87. The van der Waals surface area contributed by atoms with Gasteiger partial charge < -0.3 is 0 Å². The molecule has 0 amide bonds. The molecule has 0 radical (unpaired) electrons. The Morgan fingerprint density at radius 1 is 0.271 bits per heavy atom. The van der Waals surface area contributed by atoms with Crippen LogP contribution in [0.25, 0.3) is 22.3 Å². The number of rotatable bonds is 11. The third-order valence-electron chi connectivity index (χ3n) is 8.00. The third-order valence-corrected chi connectivity index (χ3v) is 8.00. The van der Waals surface area contributed by atoms with Crippen LogP contribution in [0.4, 0.5) is 0 Å². The largest absolute Gasteiger partial charge is 0.289 e. The van der Waals surface area contributed by atoms with E-state index in [4.69, 9.17) is 0 Å². The van der Waals surface area contributed by atoms with Crippen molar-refractivity contribution in [1.82, 2.24) is 0 Å². The predicted octanol–water partition coefficient (Wildman–Crippen LogP) is 11.1. The monoisotopic (exact) mass is 618 g/mol. The molecule has 48 heavy (non-hydrogen) atoms. The fraction of sp³-hybridized carbons (Fsp3) is 0. The van der Waals surface area contributed by atoms with Gasteiger partial charge in [-0.3, -0.25) is 9.59 Å². The normalized spacial score (nSPS) is 12.4. The van der Waals surface area contributed by atoms with Crippen LogP contribution in [0.2, 0.25) is 0 Å². The summed E-state index contributed by atoms with van der Waals surface area (Å²) >= 11 is 0. The van der Waals surface area contributed by atoms with Crippen LogP contribution in [0.5, 0.6) is 0 Å². The molecule has 0 saturated carbocycles. The maximum Gasteiger partial charge on any atom is 0.186 e. The maximum atomic E-state index is 13.7. The molecule has 0 aliphatic rings. The number of allylic oxidation sites excluding steroid dienone is 8. The van der Waals surface area contributed by atoms with Crippen molar-refractivity contribution in [3.05, 3.63) is 240 Å². The highest BCUT2D eigenvalue weighted by Gasteiger charge is 2.16. The number of carbonyl (C=O) groups is 2. The Balaban J connectivity index is 1.60. The topological polar surface area (TPSA) is 34.1 Å². The maximum absolute atomic E-state index is 13.7. The highest BCUT2D eigenvalue weighted by Crippen LogP contribution is 2.36. The first kappa shape index (κ1) is 31.6. The van der Waals surface area contributed by atoms with Crippen molar-refractivity contribution >= 4 is 33.9 Å². The number of benzene rings is 6. The minimum atomic E-state index is -0.0816. The van der Waals surface area contributed by atoms with E-state index in [0.717, 1.165) is 44.5 Å². The molecule has 0 aliphatic heterocycles. The van der Waals surface area contributed by atoms with Gasteiger partial charge in [-0.25, -0.2) is 0 Å². The molecule has 6 aromatic rings. The Kier molecular flexibility index (Phi) is 10.4. The van der Waals surface area contributed by atoms with E-state index < -0.39 is 0 Å². The fourth-order valence-corrected chi connectivity index (χ4v) is 5.59. The number of hydrogen-bond acceptors (Lipinski definition) is 2. The zero-order valence-electron chi connectivity index (χ0n) is 26.4. The quantitative estimate of drug-likeness (QED) is 0.0822. The summed E-state index contributed by atoms with van der Waals surface area (Å²) in [5.41, 5.74) is 8.34. The molecule has 6 rings (SSSR count). The summed E-state index contributed by atoms with van der Waals surface area (Å²) in [6, 6.07) is 58.8. The van der Waals surface area contributed by atoms with Gasteiger partial charge in [0.25, 0.3) is 0 Å². The molecule has 0 bridgehead atoms. The van der Waals surface area contributed by atoms with E-state index >= 15 is 0 Å².